The summed E-state index contributed by atoms with van der Waals surface area (Å²) in [7, 11) is 0. The van der Waals surface area contributed by atoms with Crippen molar-refractivity contribution >= 4 is 17.5 Å². The van der Waals surface area contributed by atoms with Crippen LogP contribution in [0.15, 0.2) is 48.5 Å². The van der Waals surface area contributed by atoms with E-state index in [2.05, 4.69) is 5.32 Å². The van der Waals surface area contributed by atoms with Gasteiger partial charge in [0.25, 0.3) is 5.91 Å². The summed E-state index contributed by atoms with van der Waals surface area (Å²) in [5, 5.41) is 2.82. The van der Waals surface area contributed by atoms with Gasteiger partial charge in [0.15, 0.2) is 6.61 Å². The van der Waals surface area contributed by atoms with Crippen molar-refractivity contribution in [2.75, 3.05) is 25.0 Å². The van der Waals surface area contributed by atoms with E-state index < -0.39 is 0 Å². The van der Waals surface area contributed by atoms with Crippen molar-refractivity contribution in [3.63, 3.8) is 0 Å². The summed E-state index contributed by atoms with van der Waals surface area (Å²) in [5.41, 5.74) is 2.97. The number of amides is 2. The highest BCUT2D eigenvalue weighted by Crippen LogP contribution is 2.15. The first-order valence-electron chi connectivity index (χ1n) is 9.46. The molecule has 1 N–H and O–H groups in total. The van der Waals surface area contributed by atoms with Crippen LogP contribution in [0.1, 0.15) is 30.4 Å². The molecular formula is C22H26N2O3. The SMILES string of the molecule is Cc1ccc(OCC(=O)Nc2ccc(CCC(=O)N3CCCC3)cc2)cc1. The Bertz CT molecular complexity index is 763. The van der Waals surface area contributed by atoms with E-state index in [9.17, 15) is 9.59 Å². The fourth-order valence-electron chi connectivity index (χ4n) is 3.11. The fourth-order valence-corrected chi connectivity index (χ4v) is 3.11. The zero-order valence-electron chi connectivity index (χ0n) is 15.7. The third-order valence-corrected chi connectivity index (χ3v) is 4.71. The molecule has 27 heavy (non-hydrogen) atoms. The number of anilines is 1. The number of carbonyl (C=O) groups excluding carboxylic acids is 2. The third kappa shape index (κ3) is 5.84. The Balaban J connectivity index is 1.42. The van der Waals surface area contributed by atoms with Gasteiger partial charge in [-0.25, -0.2) is 0 Å². The second kappa shape index (κ2) is 9.21. The monoisotopic (exact) mass is 366 g/mol. The maximum atomic E-state index is 12.1. The van der Waals surface area contributed by atoms with Crippen LogP contribution < -0.4 is 10.1 Å². The Hall–Kier alpha value is -2.82. The maximum absolute atomic E-state index is 12.1. The van der Waals surface area contributed by atoms with Gasteiger partial charge in [-0.3, -0.25) is 9.59 Å². The molecule has 5 heteroatoms. The molecule has 1 aliphatic rings. The van der Waals surface area contributed by atoms with E-state index in [1.54, 1.807) is 0 Å². The Morgan fingerprint density at radius 2 is 1.67 bits per heavy atom. The Morgan fingerprint density at radius 3 is 2.33 bits per heavy atom. The lowest BCUT2D eigenvalue weighted by atomic mass is 10.1. The molecule has 0 unspecified atom stereocenters. The molecule has 2 aromatic rings. The van der Waals surface area contributed by atoms with Crippen molar-refractivity contribution in [1.82, 2.24) is 4.90 Å². The van der Waals surface area contributed by atoms with Crippen LogP contribution in [-0.4, -0.2) is 36.4 Å². The molecule has 1 aliphatic heterocycles. The number of hydrogen-bond donors (Lipinski definition) is 1. The molecule has 2 aromatic carbocycles. The molecule has 0 aromatic heterocycles. The van der Waals surface area contributed by atoms with E-state index in [-0.39, 0.29) is 18.4 Å². The summed E-state index contributed by atoms with van der Waals surface area (Å²) < 4.78 is 5.48. The number of rotatable bonds is 7. The van der Waals surface area contributed by atoms with Crippen LogP contribution in [0.3, 0.4) is 0 Å². The number of ether oxygens (including phenoxy) is 1. The van der Waals surface area contributed by atoms with Crippen molar-refractivity contribution in [2.24, 2.45) is 0 Å². The maximum Gasteiger partial charge on any atom is 0.262 e. The first-order chi connectivity index (χ1) is 13.1. The van der Waals surface area contributed by atoms with Gasteiger partial charge < -0.3 is 15.0 Å². The van der Waals surface area contributed by atoms with Gasteiger partial charge in [0.05, 0.1) is 0 Å². The molecule has 0 atom stereocenters. The quantitative estimate of drug-likeness (QED) is 0.815. The fraction of sp³-hybridized carbons (Fsp3) is 0.364. The van der Waals surface area contributed by atoms with Crippen molar-refractivity contribution in [3.05, 3.63) is 59.7 Å². The molecule has 0 aliphatic carbocycles. The van der Waals surface area contributed by atoms with E-state index in [0.29, 0.717) is 12.2 Å². The van der Waals surface area contributed by atoms with Crippen LogP contribution in [0, 0.1) is 6.92 Å². The van der Waals surface area contributed by atoms with Crippen molar-refractivity contribution in [3.8, 4) is 5.75 Å². The van der Waals surface area contributed by atoms with Crippen molar-refractivity contribution in [2.45, 2.75) is 32.6 Å². The molecule has 0 spiro atoms. The van der Waals surface area contributed by atoms with E-state index in [4.69, 9.17) is 4.74 Å². The predicted molar refractivity (Wildman–Crippen MR) is 106 cm³/mol. The molecule has 142 valence electrons. The number of hydrogen-bond acceptors (Lipinski definition) is 3. The Morgan fingerprint density at radius 1 is 1.00 bits per heavy atom. The van der Waals surface area contributed by atoms with Crippen molar-refractivity contribution < 1.29 is 14.3 Å². The minimum absolute atomic E-state index is 0.0326. The molecule has 2 amide bonds. The van der Waals surface area contributed by atoms with Crippen LogP contribution >= 0.6 is 0 Å². The topological polar surface area (TPSA) is 58.6 Å². The summed E-state index contributed by atoms with van der Waals surface area (Å²) in [6, 6.07) is 15.2. The molecule has 0 saturated carbocycles. The predicted octanol–water partition coefficient (Wildman–Crippen LogP) is 3.57. The van der Waals surface area contributed by atoms with Gasteiger partial charge in [0.1, 0.15) is 5.75 Å². The first-order valence-corrected chi connectivity index (χ1v) is 9.46. The summed E-state index contributed by atoms with van der Waals surface area (Å²) in [6.07, 6.45) is 3.50. The van der Waals surface area contributed by atoms with E-state index in [0.717, 1.165) is 49.2 Å². The first kappa shape index (κ1) is 19.0. The number of carbonyl (C=O) groups is 2. The minimum Gasteiger partial charge on any atom is -0.484 e. The molecule has 1 heterocycles. The Labute approximate surface area is 160 Å². The number of benzene rings is 2. The lowest BCUT2D eigenvalue weighted by Gasteiger charge is -2.15. The number of nitrogens with zero attached hydrogens (tertiary/aromatic N) is 1. The lowest BCUT2D eigenvalue weighted by Crippen LogP contribution is -2.27. The average Bonchev–Trinajstić information content (AvgIpc) is 3.22. The molecular weight excluding hydrogens is 340 g/mol. The third-order valence-electron chi connectivity index (χ3n) is 4.71. The van der Waals surface area contributed by atoms with E-state index in [1.165, 1.54) is 0 Å². The molecule has 1 saturated heterocycles. The summed E-state index contributed by atoms with van der Waals surface area (Å²) in [5.74, 6) is 0.708. The van der Waals surface area contributed by atoms with Crippen LogP contribution in [0.5, 0.6) is 5.75 Å². The van der Waals surface area contributed by atoms with Gasteiger partial charge in [0.2, 0.25) is 5.91 Å². The zero-order chi connectivity index (χ0) is 19.1. The standard InChI is InChI=1S/C22H26N2O3/c1-17-4-11-20(12-5-17)27-16-21(25)23-19-9-6-18(7-10-19)8-13-22(26)24-14-2-3-15-24/h4-7,9-12H,2-3,8,13-16H2,1H3,(H,23,25). The molecule has 1 fully saturated rings. The Kier molecular flexibility index (Phi) is 6.47. The summed E-state index contributed by atoms with van der Waals surface area (Å²) in [4.78, 5) is 26.1. The van der Waals surface area contributed by atoms with Gasteiger partial charge >= 0.3 is 0 Å². The highest BCUT2D eigenvalue weighted by Gasteiger charge is 2.17. The summed E-state index contributed by atoms with van der Waals surface area (Å²) in [6.45, 7) is 3.76. The van der Waals surface area contributed by atoms with Gasteiger partial charge in [-0.2, -0.15) is 0 Å². The molecule has 0 bridgehead atoms. The van der Waals surface area contributed by atoms with Crippen LogP contribution in [0.25, 0.3) is 0 Å². The van der Waals surface area contributed by atoms with Crippen LogP contribution in [0.4, 0.5) is 5.69 Å². The zero-order valence-corrected chi connectivity index (χ0v) is 15.7. The average molecular weight is 366 g/mol. The molecule has 0 radical (unpaired) electrons. The van der Waals surface area contributed by atoms with E-state index >= 15 is 0 Å². The number of likely N-dealkylation sites (tertiary alicyclic amines) is 1. The minimum atomic E-state index is -0.201. The van der Waals surface area contributed by atoms with Crippen LogP contribution in [-0.2, 0) is 16.0 Å². The van der Waals surface area contributed by atoms with Crippen LogP contribution in [0.2, 0.25) is 0 Å². The normalized spacial score (nSPS) is 13.4. The van der Waals surface area contributed by atoms with Gasteiger partial charge in [0, 0.05) is 25.2 Å². The molecule has 5 nitrogen and oxygen atoms in total. The van der Waals surface area contributed by atoms with Gasteiger partial charge in [-0.05, 0) is 56.0 Å². The summed E-state index contributed by atoms with van der Waals surface area (Å²) >= 11 is 0. The van der Waals surface area contributed by atoms with Crippen molar-refractivity contribution in [1.29, 1.82) is 0 Å². The van der Waals surface area contributed by atoms with E-state index in [1.807, 2.05) is 60.4 Å². The second-order valence-electron chi connectivity index (χ2n) is 6.93. The smallest absolute Gasteiger partial charge is 0.262 e. The number of nitrogens with one attached hydrogen (secondary N) is 1. The second-order valence-corrected chi connectivity index (χ2v) is 6.93. The number of aryl methyl sites for hydroxylation is 2. The molecule has 3 rings (SSSR count). The highest BCUT2D eigenvalue weighted by molar-refractivity contribution is 5.91. The van der Waals surface area contributed by atoms with Gasteiger partial charge in [-0.1, -0.05) is 29.8 Å². The van der Waals surface area contributed by atoms with Gasteiger partial charge in [-0.15, -0.1) is 0 Å². The highest BCUT2D eigenvalue weighted by atomic mass is 16.5. The lowest BCUT2D eigenvalue weighted by molar-refractivity contribution is -0.130. The largest absolute Gasteiger partial charge is 0.484 e.